The molecule has 7 nitrogen and oxygen atoms in total. The summed E-state index contributed by atoms with van der Waals surface area (Å²) in [5, 5.41) is 15.7. The van der Waals surface area contributed by atoms with Gasteiger partial charge in [0.1, 0.15) is 17.5 Å². The molecule has 2 unspecified atom stereocenters. The third kappa shape index (κ3) is 1.63. The SMILES string of the molecule is Cn1ncc2c1CCCC2(O)C1=C2C=NC=C[N+]2(N)C(Br)=N1. The van der Waals surface area contributed by atoms with Crippen LogP contribution in [0, 0.1) is 0 Å². The van der Waals surface area contributed by atoms with Gasteiger partial charge in [-0.25, -0.2) is 0 Å². The fraction of sp³-hybridized carbons (Fsp3) is 0.357. The molecule has 1 aromatic rings. The molecule has 3 N–H and O–H groups in total. The lowest BCUT2D eigenvalue weighted by atomic mass is 9.80. The average molecular weight is 364 g/mol. The lowest BCUT2D eigenvalue weighted by Gasteiger charge is -2.32. The lowest BCUT2D eigenvalue weighted by molar-refractivity contribution is -0.746. The van der Waals surface area contributed by atoms with Crippen LogP contribution < -0.4 is 5.84 Å². The van der Waals surface area contributed by atoms with Crippen LogP contribution in [0.4, 0.5) is 0 Å². The van der Waals surface area contributed by atoms with E-state index in [1.165, 1.54) is 0 Å². The van der Waals surface area contributed by atoms with E-state index in [1.54, 1.807) is 24.8 Å². The molecule has 1 aromatic heterocycles. The Labute approximate surface area is 135 Å². The van der Waals surface area contributed by atoms with E-state index in [9.17, 15) is 5.11 Å². The summed E-state index contributed by atoms with van der Waals surface area (Å²) in [6.45, 7) is 0. The van der Waals surface area contributed by atoms with Gasteiger partial charge in [-0.1, -0.05) is 0 Å². The number of aromatic nitrogens is 2. The minimum absolute atomic E-state index is 0.100. The number of hydrogen-bond donors (Lipinski definition) is 2. The first-order valence-corrected chi connectivity index (χ1v) is 7.88. The first kappa shape index (κ1) is 14.0. The van der Waals surface area contributed by atoms with Gasteiger partial charge in [-0.2, -0.15) is 15.9 Å². The maximum absolute atomic E-state index is 11.4. The maximum atomic E-state index is 11.4. The van der Waals surface area contributed by atoms with Crippen molar-refractivity contribution in [2.75, 3.05) is 0 Å². The summed E-state index contributed by atoms with van der Waals surface area (Å²) in [4.78, 5) is 8.69. The van der Waals surface area contributed by atoms with Crippen molar-refractivity contribution in [3.8, 4) is 0 Å². The molecule has 0 spiro atoms. The number of allylic oxidation sites excluding steroid dienone is 1. The highest BCUT2D eigenvalue weighted by Crippen LogP contribution is 2.46. The highest BCUT2D eigenvalue weighted by atomic mass is 79.9. The molecule has 3 aliphatic rings. The molecule has 8 heteroatoms. The molecular weight excluding hydrogens is 348 g/mol. The second-order valence-electron chi connectivity index (χ2n) is 5.81. The molecule has 0 saturated carbocycles. The minimum atomic E-state index is -1.19. The zero-order valence-electron chi connectivity index (χ0n) is 12.1. The van der Waals surface area contributed by atoms with Gasteiger partial charge in [-0.3, -0.25) is 9.67 Å². The molecule has 4 rings (SSSR count). The molecule has 0 bridgehead atoms. The second-order valence-corrected chi connectivity index (χ2v) is 6.52. The number of aryl methyl sites for hydroxylation is 1. The summed E-state index contributed by atoms with van der Waals surface area (Å²) in [6.07, 6.45) is 9.10. The van der Waals surface area contributed by atoms with Crippen LogP contribution in [0.5, 0.6) is 0 Å². The normalized spacial score (nSPS) is 33.0. The first-order chi connectivity index (χ1) is 10.5. The first-order valence-electron chi connectivity index (χ1n) is 7.09. The summed E-state index contributed by atoms with van der Waals surface area (Å²) < 4.78 is 2.25. The molecule has 22 heavy (non-hydrogen) atoms. The Balaban J connectivity index is 1.94. The van der Waals surface area contributed by atoms with Crippen LogP contribution >= 0.6 is 15.9 Å². The molecule has 0 aromatic carbocycles. The summed E-state index contributed by atoms with van der Waals surface area (Å²) in [5.74, 6) is 6.38. The zero-order valence-corrected chi connectivity index (χ0v) is 13.7. The number of amidine groups is 1. The van der Waals surface area contributed by atoms with Gasteiger partial charge in [0, 0.05) is 34.2 Å². The largest absolute Gasteiger partial charge is 0.378 e. The van der Waals surface area contributed by atoms with Crippen molar-refractivity contribution in [2.45, 2.75) is 24.9 Å². The van der Waals surface area contributed by atoms with Crippen LogP contribution in [0.3, 0.4) is 0 Å². The quantitative estimate of drug-likeness (QED) is 0.445. The Bertz CT molecular complexity index is 791. The number of aliphatic hydroxyl groups is 1. The maximum Gasteiger partial charge on any atom is 0.301 e. The number of nitrogens with two attached hydrogens (primary N) is 1. The number of fused-ring (bicyclic) bond motifs is 2. The molecule has 114 valence electrons. The molecule has 2 aliphatic heterocycles. The average Bonchev–Trinajstić information content (AvgIpc) is 3.00. The molecule has 3 heterocycles. The number of hydrogen-bond acceptors (Lipinski definition) is 5. The van der Waals surface area contributed by atoms with Crippen molar-refractivity contribution in [2.24, 2.45) is 22.9 Å². The van der Waals surface area contributed by atoms with Crippen LogP contribution in [-0.2, 0) is 19.1 Å². The van der Waals surface area contributed by atoms with Crippen LogP contribution in [0.15, 0.2) is 40.0 Å². The Morgan fingerprint density at radius 3 is 3.14 bits per heavy atom. The zero-order chi connectivity index (χ0) is 15.5. The molecular formula is C14H16BrN6O+. The number of nitrogens with zero attached hydrogens (tertiary/aromatic N) is 5. The van der Waals surface area contributed by atoms with E-state index in [2.05, 4.69) is 31.0 Å². The molecule has 1 aliphatic carbocycles. The van der Waals surface area contributed by atoms with Crippen molar-refractivity contribution in [3.63, 3.8) is 0 Å². The van der Waals surface area contributed by atoms with Gasteiger partial charge >= 0.3 is 4.74 Å². The monoisotopic (exact) mass is 363 g/mol. The van der Waals surface area contributed by atoms with Crippen molar-refractivity contribution in [1.29, 1.82) is 0 Å². The van der Waals surface area contributed by atoms with Gasteiger partial charge in [-0.05, 0) is 19.3 Å². The minimum Gasteiger partial charge on any atom is -0.378 e. The van der Waals surface area contributed by atoms with Crippen LogP contribution in [0.25, 0.3) is 0 Å². The Kier molecular flexibility index (Phi) is 2.83. The number of rotatable bonds is 1. The third-order valence-electron chi connectivity index (χ3n) is 4.59. The molecule has 0 fully saturated rings. The Morgan fingerprint density at radius 1 is 1.50 bits per heavy atom. The summed E-state index contributed by atoms with van der Waals surface area (Å²) in [5.41, 5.74) is 1.88. The van der Waals surface area contributed by atoms with Gasteiger partial charge in [0.2, 0.25) is 5.70 Å². The van der Waals surface area contributed by atoms with Crippen molar-refractivity contribution < 1.29 is 9.70 Å². The van der Waals surface area contributed by atoms with E-state index >= 15 is 0 Å². The lowest BCUT2D eigenvalue weighted by Crippen LogP contribution is -2.51. The van der Waals surface area contributed by atoms with Gasteiger partial charge < -0.3 is 5.11 Å². The summed E-state index contributed by atoms with van der Waals surface area (Å²) >= 11 is 3.42. The molecule has 0 radical (unpaired) electrons. The third-order valence-corrected chi connectivity index (χ3v) is 5.35. The van der Waals surface area contributed by atoms with Crippen molar-refractivity contribution >= 4 is 26.9 Å². The van der Waals surface area contributed by atoms with E-state index in [4.69, 9.17) is 5.84 Å². The van der Waals surface area contributed by atoms with E-state index in [0.717, 1.165) is 24.1 Å². The Hall–Kier alpha value is -1.61. The highest BCUT2D eigenvalue weighted by molar-refractivity contribution is 9.18. The fourth-order valence-electron chi connectivity index (χ4n) is 3.36. The van der Waals surface area contributed by atoms with Gasteiger partial charge in [0.25, 0.3) is 0 Å². The number of halogens is 1. The molecule has 0 amide bonds. The van der Waals surface area contributed by atoms with Crippen molar-refractivity contribution in [3.05, 3.63) is 41.2 Å². The molecule has 2 atom stereocenters. The second kappa shape index (κ2) is 4.45. The molecule has 0 saturated heterocycles. The Morgan fingerprint density at radius 2 is 2.32 bits per heavy atom. The summed E-state index contributed by atoms with van der Waals surface area (Å²) in [7, 11) is 1.89. The van der Waals surface area contributed by atoms with Crippen molar-refractivity contribution in [1.82, 2.24) is 9.78 Å². The number of quaternary nitrogens is 1. The van der Waals surface area contributed by atoms with Crippen LogP contribution in [0.1, 0.15) is 24.1 Å². The van der Waals surface area contributed by atoms with Crippen LogP contribution in [-0.4, -0.2) is 30.4 Å². The fourth-order valence-corrected chi connectivity index (χ4v) is 3.85. The highest BCUT2D eigenvalue weighted by Gasteiger charge is 2.51. The summed E-state index contributed by atoms with van der Waals surface area (Å²) in [6, 6.07) is 0. The smallest absolute Gasteiger partial charge is 0.301 e. The van der Waals surface area contributed by atoms with Gasteiger partial charge in [0.15, 0.2) is 0 Å². The van der Waals surface area contributed by atoms with E-state index in [-0.39, 0.29) is 4.59 Å². The van der Waals surface area contributed by atoms with E-state index in [1.807, 2.05) is 11.7 Å². The predicted octanol–water partition coefficient (Wildman–Crippen LogP) is 1.17. The van der Waals surface area contributed by atoms with Gasteiger partial charge in [0.05, 0.1) is 18.6 Å². The topological polar surface area (TPSA) is 88.8 Å². The number of aliphatic imine (C=N–C) groups is 2. The predicted molar refractivity (Wildman–Crippen MR) is 85.5 cm³/mol. The van der Waals surface area contributed by atoms with Crippen LogP contribution in [0.2, 0.25) is 0 Å². The standard InChI is InChI=1S/C14H16BrN6O/c1-20-10-3-2-4-14(22,9(10)7-18-20)12-11-8-17-5-6-21(11,16)13(15)19-12/h5-8,22H,2-4,16H2,1H3/q+1. The van der Waals surface area contributed by atoms with E-state index < -0.39 is 5.60 Å². The van der Waals surface area contributed by atoms with E-state index in [0.29, 0.717) is 22.6 Å². The van der Waals surface area contributed by atoms with Gasteiger partial charge in [-0.15, -0.1) is 4.59 Å².